The number of hydrogen-bond donors (Lipinski definition) is 1. The van der Waals surface area contributed by atoms with E-state index in [1.165, 1.54) is 6.92 Å². The first kappa shape index (κ1) is 22.8. The summed E-state index contributed by atoms with van der Waals surface area (Å²) in [5.41, 5.74) is -1.25. The molecule has 1 spiro atoms. The SMILES string of the molecule is C[C@@H]1CC[C@H]2[C@@H](C)[C@](OC(=O)CCC(=O)O)(C(F)(F)F)O[C@@H]3O[C@@]4(C)CC[C@@H]1[C@]32OO4. The third-order valence-electron chi connectivity index (χ3n) is 7.46. The Kier molecular flexibility index (Phi) is 5.35. The van der Waals surface area contributed by atoms with Gasteiger partial charge in [0, 0.05) is 18.3 Å². The number of aliphatic carboxylic acids is 1. The lowest BCUT2D eigenvalue weighted by molar-refractivity contribution is -0.596. The van der Waals surface area contributed by atoms with Gasteiger partial charge in [0.1, 0.15) is 0 Å². The summed E-state index contributed by atoms with van der Waals surface area (Å²) in [7, 11) is 0. The van der Waals surface area contributed by atoms with Gasteiger partial charge in [0.15, 0.2) is 11.9 Å². The van der Waals surface area contributed by atoms with Gasteiger partial charge in [-0.25, -0.2) is 9.78 Å². The van der Waals surface area contributed by atoms with Crippen LogP contribution < -0.4 is 0 Å². The van der Waals surface area contributed by atoms with Gasteiger partial charge in [0.2, 0.25) is 5.79 Å². The van der Waals surface area contributed by atoms with Gasteiger partial charge >= 0.3 is 23.9 Å². The van der Waals surface area contributed by atoms with E-state index in [9.17, 15) is 22.8 Å². The molecular formula is C20H27F3O8. The topological polar surface area (TPSA) is 101 Å². The number of fused-ring (bicyclic) bond motifs is 2. The quantitative estimate of drug-likeness (QED) is 0.511. The largest absolute Gasteiger partial charge is 0.481 e. The van der Waals surface area contributed by atoms with Gasteiger partial charge in [-0.05, 0) is 38.0 Å². The molecule has 1 saturated carbocycles. The smallest absolute Gasteiger partial charge is 0.455 e. The molecule has 0 aromatic carbocycles. The molecule has 5 fully saturated rings. The van der Waals surface area contributed by atoms with E-state index < -0.39 is 66.3 Å². The summed E-state index contributed by atoms with van der Waals surface area (Å²) in [5, 5.41) is 8.76. The minimum Gasteiger partial charge on any atom is -0.481 e. The highest BCUT2D eigenvalue weighted by Gasteiger charge is 2.78. The molecule has 5 rings (SSSR count). The molecule has 1 aliphatic carbocycles. The molecule has 176 valence electrons. The van der Waals surface area contributed by atoms with E-state index in [2.05, 4.69) is 0 Å². The second kappa shape index (κ2) is 7.29. The number of carbonyl (C=O) groups is 2. The summed E-state index contributed by atoms with van der Waals surface area (Å²) in [6.45, 7) is 4.92. The van der Waals surface area contributed by atoms with E-state index in [0.717, 1.165) is 0 Å². The van der Waals surface area contributed by atoms with Crippen LogP contribution in [0.4, 0.5) is 13.2 Å². The average Bonchev–Trinajstić information content (AvgIpc) is 2.89. The first-order chi connectivity index (χ1) is 14.3. The van der Waals surface area contributed by atoms with Crippen LogP contribution in [0.15, 0.2) is 0 Å². The second-order valence-corrected chi connectivity index (χ2v) is 9.35. The Morgan fingerprint density at radius 1 is 1.06 bits per heavy atom. The molecular weight excluding hydrogens is 425 g/mol. The summed E-state index contributed by atoms with van der Waals surface area (Å²) in [4.78, 5) is 34.4. The van der Waals surface area contributed by atoms with Crippen molar-refractivity contribution in [2.75, 3.05) is 0 Å². The lowest BCUT2D eigenvalue weighted by Crippen LogP contribution is -2.76. The van der Waals surface area contributed by atoms with E-state index in [-0.39, 0.29) is 11.8 Å². The molecule has 0 radical (unpaired) electrons. The number of alkyl halides is 3. The fourth-order valence-corrected chi connectivity index (χ4v) is 5.85. The molecule has 0 aromatic heterocycles. The number of rotatable bonds is 4. The highest BCUT2D eigenvalue weighted by molar-refractivity contribution is 5.76. The molecule has 1 N–H and O–H groups in total. The van der Waals surface area contributed by atoms with Gasteiger partial charge < -0.3 is 14.6 Å². The van der Waals surface area contributed by atoms with Crippen molar-refractivity contribution in [1.29, 1.82) is 0 Å². The Balaban J connectivity index is 1.75. The zero-order valence-corrected chi connectivity index (χ0v) is 17.6. The molecule has 31 heavy (non-hydrogen) atoms. The fraction of sp³-hybridized carbons (Fsp3) is 0.900. The molecule has 8 nitrogen and oxygen atoms in total. The van der Waals surface area contributed by atoms with E-state index >= 15 is 0 Å². The monoisotopic (exact) mass is 452 g/mol. The van der Waals surface area contributed by atoms with Crippen LogP contribution in [0.25, 0.3) is 0 Å². The molecule has 4 saturated heterocycles. The van der Waals surface area contributed by atoms with Crippen LogP contribution in [0.1, 0.15) is 59.3 Å². The number of esters is 1. The van der Waals surface area contributed by atoms with Crippen molar-refractivity contribution in [2.45, 2.75) is 88.9 Å². The maximum Gasteiger partial charge on any atom is 0.455 e. The summed E-state index contributed by atoms with van der Waals surface area (Å²) in [6.07, 6.45) is -5.79. The number of ether oxygens (including phenoxy) is 3. The third kappa shape index (κ3) is 3.35. The molecule has 8 atom stereocenters. The zero-order chi connectivity index (χ0) is 22.8. The maximum atomic E-state index is 14.5. The summed E-state index contributed by atoms with van der Waals surface area (Å²) in [5.74, 6) is -9.24. The molecule has 2 bridgehead atoms. The Morgan fingerprint density at radius 3 is 2.42 bits per heavy atom. The first-order valence-corrected chi connectivity index (χ1v) is 10.6. The van der Waals surface area contributed by atoms with Crippen molar-refractivity contribution in [3.63, 3.8) is 0 Å². The van der Waals surface area contributed by atoms with E-state index in [0.29, 0.717) is 25.7 Å². The Morgan fingerprint density at radius 2 is 1.77 bits per heavy atom. The number of halogens is 3. The summed E-state index contributed by atoms with van der Waals surface area (Å²) >= 11 is 0. The first-order valence-electron chi connectivity index (χ1n) is 10.6. The minimum atomic E-state index is -5.08. The van der Waals surface area contributed by atoms with Crippen LogP contribution >= 0.6 is 0 Å². The number of carboxylic acids is 1. The maximum absolute atomic E-state index is 14.5. The van der Waals surface area contributed by atoms with Gasteiger partial charge in [0.05, 0.1) is 12.8 Å². The number of carbonyl (C=O) groups excluding carboxylic acids is 1. The van der Waals surface area contributed by atoms with Gasteiger partial charge in [0.25, 0.3) is 0 Å². The lowest BCUT2D eigenvalue weighted by Gasteiger charge is -2.62. The standard InChI is InChI=1S/C20H27F3O8/c1-10-4-5-13-11(2)19(20(21,22)23,27-15(26)7-6-14(24)25)29-16-18(13)12(10)8-9-17(3,28-16)30-31-18/h10-13,16H,4-9H2,1-3H3,(H,24,25)/t10-,11-,12+,13+,16+,17-,18-,19-/m1/s1. The minimum absolute atomic E-state index is 0.152. The van der Waals surface area contributed by atoms with E-state index in [1.807, 2.05) is 6.92 Å². The highest BCUT2D eigenvalue weighted by atomic mass is 19.4. The van der Waals surface area contributed by atoms with Crippen LogP contribution in [-0.4, -0.2) is 46.7 Å². The van der Waals surface area contributed by atoms with Crippen LogP contribution in [0.2, 0.25) is 0 Å². The van der Waals surface area contributed by atoms with Crippen molar-refractivity contribution in [3.05, 3.63) is 0 Å². The van der Waals surface area contributed by atoms with Gasteiger partial charge in [-0.15, -0.1) is 0 Å². The molecule has 4 heterocycles. The van der Waals surface area contributed by atoms with Crippen molar-refractivity contribution in [2.24, 2.45) is 23.7 Å². The molecule has 0 amide bonds. The van der Waals surface area contributed by atoms with Crippen LogP contribution in [0.3, 0.4) is 0 Å². The third-order valence-corrected chi connectivity index (χ3v) is 7.46. The Labute approximate surface area is 177 Å². The fourth-order valence-electron chi connectivity index (χ4n) is 5.85. The second-order valence-electron chi connectivity index (χ2n) is 9.35. The van der Waals surface area contributed by atoms with Crippen molar-refractivity contribution in [3.8, 4) is 0 Å². The van der Waals surface area contributed by atoms with Crippen LogP contribution in [0, 0.1) is 23.7 Å². The van der Waals surface area contributed by atoms with Crippen molar-refractivity contribution in [1.82, 2.24) is 0 Å². The van der Waals surface area contributed by atoms with Gasteiger partial charge in [-0.3, -0.25) is 14.3 Å². The van der Waals surface area contributed by atoms with Crippen LogP contribution in [-0.2, 0) is 33.6 Å². The predicted octanol–water partition coefficient (Wildman–Crippen LogP) is 3.53. The van der Waals surface area contributed by atoms with E-state index in [1.54, 1.807) is 6.92 Å². The Bertz CT molecular complexity index is 759. The highest BCUT2D eigenvalue weighted by Crippen LogP contribution is 2.64. The van der Waals surface area contributed by atoms with Gasteiger partial charge in [-0.2, -0.15) is 13.2 Å². The summed E-state index contributed by atoms with van der Waals surface area (Å²) in [6, 6.07) is 0. The molecule has 0 unspecified atom stereocenters. The van der Waals surface area contributed by atoms with Gasteiger partial charge in [-0.1, -0.05) is 13.8 Å². The molecule has 11 heteroatoms. The zero-order valence-electron chi connectivity index (χ0n) is 17.6. The van der Waals surface area contributed by atoms with E-state index in [4.69, 9.17) is 29.1 Å². The number of carboxylic acid groups (broad SMARTS) is 1. The Hall–Kier alpha value is -1.43. The lowest BCUT2D eigenvalue weighted by atomic mass is 9.57. The summed E-state index contributed by atoms with van der Waals surface area (Å²) < 4.78 is 59.7. The molecule has 0 aromatic rings. The van der Waals surface area contributed by atoms with Crippen molar-refractivity contribution >= 4 is 11.9 Å². The van der Waals surface area contributed by atoms with Crippen LogP contribution in [0.5, 0.6) is 0 Å². The van der Waals surface area contributed by atoms with Crippen molar-refractivity contribution < 1.29 is 51.9 Å². The normalized spacial score (nSPS) is 46.7. The molecule has 4 aliphatic heterocycles. The average molecular weight is 452 g/mol. The predicted molar refractivity (Wildman–Crippen MR) is 94.8 cm³/mol. The molecule has 5 aliphatic rings. The number of hydrogen-bond acceptors (Lipinski definition) is 7.